The summed E-state index contributed by atoms with van der Waals surface area (Å²) in [6.07, 6.45) is -0.156. The van der Waals surface area contributed by atoms with Crippen LogP contribution in [0.5, 0.6) is 5.75 Å². The molecule has 3 heterocycles. The van der Waals surface area contributed by atoms with E-state index in [2.05, 4.69) is 0 Å². The van der Waals surface area contributed by atoms with Crippen LogP contribution >= 0.6 is 0 Å². The van der Waals surface area contributed by atoms with E-state index in [-0.39, 0.29) is 6.10 Å². The first kappa shape index (κ1) is 20.5. The van der Waals surface area contributed by atoms with Crippen LogP contribution < -0.4 is 4.74 Å². The van der Waals surface area contributed by atoms with E-state index in [0.717, 1.165) is 17.4 Å². The molecule has 0 N–H and O–H groups in total. The van der Waals surface area contributed by atoms with Crippen LogP contribution in [0.15, 0.2) is 30.5 Å². The van der Waals surface area contributed by atoms with Gasteiger partial charge in [-0.1, -0.05) is 6.07 Å². The van der Waals surface area contributed by atoms with Gasteiger partial charge in [-0.2, -0.15) is 30.2 Å². The second-order valence-electron chi connectivity index (χ2n) is 7.58. The first-order valence-electron chi connectivity index (χ1n) is 9.80. The maximum atomic E-state index is 12.8. The van der Waals surface area contributed by atoms with E-state index in [4.69, 9.17) is 4.74 Å². The average molecular weight is 431 g/mol. The summed E-state index contributed by atoms with van der Waals surface area (Å²) in [6, 6.07) is 6.69. The van der Waals surface area contributed by atoms with Gasteiger partial charge >= 0.3 is 6.18 Å². The lowest BCUT2D eigenvalue weighted by Crippen LogP contribution is -2.47. The topological polar surface area (TPSA) is 54.8 Å². The number of rotatable bonds is 5. The third-order valence-corrected chi connectivity index (χ3v) is 7.57. The largest absolute Gasteiger partial charge is 0.490 e. The quantitative estimate of drug-likeness (QED) is 0.729. The van der Waals surface area contributed by atoms with Crippen molar-refractivity contribution in [3.05, 3.63) is 30.5 Å². The summed E-state index contributed by atoms with van der Waals surface area (Å²) in [5.74, 6) is 0.532. The zero-order chi connectivity index (χ0) is 20.6. The van der Waals surface area contributed by atoms with Crippen LogP contribution in [0.1, 0.15) is 25.7 Å². The van der Waals surface area contributed by atoms with Gasteiger partial charge in [0, 0.05) is 37.8 Å². The Morgan fingerprint density at radius 1 is 1.00 bits per heavy atom. The van der Waals surface area contributed by atoms with Crippen molar-refractivity contribution in [2.24, 2.45) is 0 Å². The lowest BCUT2D eigenvalue weighted by molar-refractivity contribution is -0.139. The molecule has 160 valence electrons. The Bertz CT molecular complexity index is 960. The highest BCUT2D eigenvalue weighted by Gasteiger charge is 2.35. The number of piperidine rings is 1. The minimum Gasteiger partial charge on any atom is -0.490 e. The molecule has 0 radical (unpaired) electrons. The fourth-order valence-electron chi connectivity index (χ4n) is 4.07. The Morgan fingerprint density at radius 3 is 2.31 bits per heavy atom. The second-order valence-corrected chi connectivity index (χ2v) is 9.51. The number of fused-ring (bicyclic) bond motifs is 1. The van der Waals surface area contributed by atoms with Gasteiger partial charge in [-0.25, -0.2) is 0 Å². The van der Waals surface area contributed by atoms with Gasteiger partial charge in [0.2, 0.25) is 0 Å². The van der Waals surface area contributed by atoms with Gasteiger partial charge in [0.15, 0.2) is 0 Å². The summed E-state index contributed by atoms with van der Waals surface area (Å²) in [5, 5.41) is 0.629. The fourth-order valence-corrected chi connectivity index (χ4v) is 5.79. The van der Waals surface area contributed by atoms with Crippen molar-refractivity contribution in [2.75, 3.05) is 26.2 Å². The van der Waals surface area contributed by atoms with Crippen LogP contribution in [0.3, 0.4) is 0 Å². The molecule has 2 saturated heterocycles. The molecule has 0 saturated carbocycles. The van der Waals surface area contributed by atoms with Crippen LogP contribution in [-0.2, 0) is 16.8 Å². The first-order valence-corrected chi connectivity index (χ1v) is 11.2. The number of hydrogen-bond acceptors (Lipinski definition) is 3. The van der Waals surface area contributed by atoms with Gasteiger partial charge in [-0.15, -0.1) is 0 Å². The van der Waals surface area contributed by atoms with Crippen LogP contribution in [0.2, 0.25) is 0 Å². The van der Waals surface area contributed by atoms with E-state index >= 15 is 0 Å². The van der Waals surface area contributed by atoms with Gasteiger partial charge < -0.3 is 9.30 Å². The van der Waals surface area contributed by atoms with E-state index in [1.807, 2.05) is 0 Å². The maximum Gasteiger partial charge on any atom is 0.406 e. The Labute approximate surface area is 168 Å². The van der Waals surface area contributed by atoms with E-state index in [0.29, 0.717) is 55.7 Å². The molecule has 1 aromatic carbocycles. The minimum absolute atomic E-state index is 0.170. The molecule has 2 fully saturated rings. The van der Waals surface area contributed by atoms with E-state index in [9.17, 15) is 21.6 Å². The fraction of sp³-hybridized carbons (Fsp3) is 0.579. The van der Waals surface area contributed by atoms with Gasteiger partial charge in [-0.3, -0.25) is 0 Å². The molecule has 0 bridgehead atoms. The molecule has 0 aliphatic carbocycles. The summed E-state index contributed by atoms with van der Waals surface area (Å²) in [5.41, 5.74) is 0.467. The van der Waals surface area contributed by atoms with Gasteiger partial charge in [0.1, 0.15) is 18.4 Å². The number of alkyl halides is 3. The third-order valence-electron chi connectivity index (χ3n) is 5.54. The number of nitrogens with zero attached hydrogens (tertiary/aromatic N) is 3. The standard InChI is InChI=1S/C19H24F3N3O3S/c20-19(21,22)14-23-11-8-16-17(23)4-3-5-18(16)28-15-6-12-25(13-7-15)29(26,27)24-9-1-2-10-24/h3-5,8,11,15H,1-2,6-7,9-10,12-14H2. The molecule has 1 aromatic heterocycles. The Kier molecular flexibility index (Phi) is 5.52. The smallest absolute Gasteiger partial charge is 0.406 e. The van der Waals surface area contributed by atoms with Crippen LogP contribution in [-0.4, -0.2) is 60.1 Å². The molecular formula is C19H24F3N3O3S. The number of ether oxygens (including phenoxy) is 1. The lowest BCUT2D eigenvalue weighted by Gasteiger charge is -2.33. The predicted molar refractivity (Wildman–Crippen MR) is 103 cm³/mol. The lowest BCUT2D eigenvalue weighted by atomic mass is 10.1. The third kappa shape index (κ3) is 4.39. The SMILES string of the molecule is O=S(=O)(N1CCCC1)N1CCC(Oc2cccc3c2ccn3CC(F)(F)F)CC1. The van der Waals surface area contributed by atoms with Gasteiger partial charge in [0.05, 0.1) is 5.52 Å². The van der Waals surface area contributed by atoms with E-state index in [1.165, 1.54) is 14.8 Å². The Balaban J connectivity index is 1.42. The zero-order valence-corrected chi connectivity index (χ0v) is 16.8. The van der Waals surface area contributed by atoms with Crippen molar-refractivity contribution >= 4 is 21.1 Å². The highest BCUT2D eigenvalue weighted by Crippen LogP contribution is 2.31. The molecule has 6 nitrogen and oxygen atoms in total. The summed E-state index contributed by atoms with van der Waals surface area (Å²) in [7, 11) is -3.41. The summed E-state index contributed by atoms with van der Waals surface area (Å²) < 4.78 is 73.9. The van der Waals surface area contributed by atoms with Gasteiger partial charge in [0.25, 0.3) is 10.2 Å². The molecule has 0 unspecified atom stereocenters. The van der Waals surface area contributed by atoms with Crippen molar-refractivity contribution in [2.45, 2.75) is 44.5 Å². The Morgan fingerprint density at radius 2 is 1.66 bits per heavy atom. The monoisotopic (exact) mass is 431 g/mol. The Hall–Kier alpha value is -1.78. The second kappa shape index (κ2) is 7.81. The summed E-state index contributed by atoms with van der Waals surface area (Å²) in [4.78, 5) is 0. The van der Waals surface area contributed by atoms with Crippen molar-refractivity contribution in [3.8, 4) is 5.75 Å². The molecule has 29 heavy (non-hydrogen) atoms. The molecule has 4 rings (SSSR count). The molecule has 2 aliphatic heterocycles. The van der Waals surface area contributed by atoms with Crippen molar-refractivity contribution in [1.82, 2.24) is 13.2 Å². The van der Waals surface area contributed by atoms with Crippen molar-refractivity contribution in [3.63, 3.8) is 0 Å². The molecule has 0 spiro atoms. The first-order chi connectivity index (χ1) is 13.7. The molecule has 0 amide bonds. The van der Waals surface area contributed by atoms with Crippen LogP contribution in [0.4, 0.5) is 13.2 Å². The number of hydrogen-bond donors (Lipinski definition) is 0. The van der Waals surface area contributed by atoms with Gasteiger partial charge in [-0.05, 0) is 43.9 Å². The molecule has 10 heteroatoms. The maximum absolute atomic E-state index is 12.8. The minimum atomic E-state index is -4.30. The number of benzene rings is 1. The molecular weight excluding hydrogens is 407 g/mol. The van der Waals surface area contributed by atoms with E-state index in [1.54, 1.807) is 24.3 Å². The molecule has 0 atom stereocenters. The van der Waals surface area contributed by atoms with E-state index < -0.39 is 22.9 Å². The van der Waals surface area contributed by atoms with Crippen molar-refractivity contribution < 1.29 is 26.3 Å². The average Bonchev–Trinajstić information content (AvgIpc) is 3.33. The highest BCUT2D eigenvalue weighted by molar-refractivity contribution is 7.86. The zero-order valence-electron chi connectivity index (χ0n) is 15.9. The molecule has 2 aromatic rings. The number of halogens is 3. The predicted octanol–water partition coefficient (Wildman–Crippen LogP) is 3.39. The highest BCUT2D eigenvalue weighted by atomic mass is 32.2. The normalized spacial score (nSPS) is 20.5. The summed E-state index contributed by atoms with van der Waals surface area (Å²) >= 11 is 0. The van der Waals surface area contributed by atoms with Crippen molar-refractivity contribution in [1.29, 1.82) is 0 Å². The van der Waals surface area contributed by atoms with Crippen LogP contribution in [0.25, 0.3) is 10.9 Å². The molecule has 2 aliphatic rings. The van der Waals surface area contributed by atoms with Crippen LogP contribution in [0, 0.1) is 0 Å². The number of aromatic nitrogens is 1. The summed E-state index contributed by atoms with van der Waals surface area (Å²) in [6.45, 7) is 0.876.